The van der Waals surface area contributed by atoms with Gasteiger partial charge in [-0.05, 0) is 25.7 Å². The number of hydrogen-bond acceptors (Lipinski definition) is 0. The van der Waals surface area contributed by atoms with Gasteiger partial charge >= 0.3 is 0 Å². The van der Waals surface area contributed by atoms with Gasteiger partial charge in [0, 0.05) is 0 Å². The fraction of sp³-hybridized carbons (Fsp3) is 0.571. The lowest BCUT2D eigenvalue weighted by molar-refractivity contribution is 0.699. The second kappa shape index (κ2) is 1.69. The van der Waals surface area contributed by atoms with Crippen molar-refractivity contribution in [3.05, 3.63) is 18.6 Å². The van der Waals surface area contributed by atoms with Gasteiger partial charge in [-0.2, -0.15) is 0 Å². The molecule has 0 saturated carbocycles. The predicted octanol–water partition coefficient (Wildman–Crippen LogP) is 2.18. The van der Waals surface area contributed by atoms with Crippen molar-refractivity contribution in [1.29, 1.82) is 0 Å². The highest BCUT2D eigenvalue weighted by Gasteiger charge is 2.05. The van der Waals surface area contributed by atoms with Crippen molar-refractivity contribution in [2.24, 2.45) is 5.92 Å². The average Bonchev–Trinajstić information content (AvgIpc) is 1.87. The van der Waals surface area contributed by atoms with E-state index in [1.54, 1.807) is 0 Å². The number of allylic oxidation sites excluding steroid dienone is 2. The van der Waals surface area contributed by atoms with Gasteiger partial charge in [-0.3, -0.25) is 0 Å². The van der Waals surface area contributed by atoms with Crippen molar-refractivity contribution < 1.29 is 0 Å². The van der Waals surface area contributed by atoms with Crippen LogP contribution in [0.3, 0.4) is 0 Å². The maximum atomic E-state index is 3.85. The fourth-order valence-electron chi connectivity index (χ4n) is 0.982. The van der Waals surface area contributed by atoms with Gasteiger partial charge in [0.1, 0.15) is 0 Å². The summed E-state index contributed by atoms with van der Waals surface area (Å²) < 4.78 is 0. The highest BCUT2D eigenvalue weighted by molar-refractivity contribution is 5.12. The molecule has 0 N–H and O–H groups in total. The molecule has 0 nitrogen and oxygen atoms in total. The molecule has 0 aromatic carbocycles. The molecule has 0 bridgehead atoms. The van der Waals surface area contributed by atoms with Gasteiger partial charge in [0.25, 0.3) is 0 Å². The topological polar surface area (TPSA) is 0 Å². The molecule has 7 heavy (non-hydrogen) atoms. The Balaban J connectivity index is 2.50. The molecule has 0 amide bonds. The lowest BCUT2D eigenvalue weighted by Crippen LogP contribution is -1.76. The third-order valence-electron chi connectivity index (χ3n) is 1.44. The quantitative estimate of drug-likeness (QED) is 0.432. The van der Waals surface area contributed by atoms with Crippen molar-refractivity contribution in [1.82, 2.24) is 0 Å². The third kappa shape index (κ3) is 1.05. The third-order valence-corrected chi connectivity index (χ3v) is 1.44. The van der Waals surface area contributed by atoms with Gasteiger partial charge in [-0.1, -0.05) is 18.6 Å². The van der Waals surface area contributed by atoms with Crippen LogP contribution in [0.2, 0.25) is 0 Å². The minimum Gasteiger partial charge on any atom is -0.0825 e. The predicted molar refractivity (Wildman–Crippen MR) is 31.8 cm³/mol. The van der Waals surface area contributed by atoms with Crippen molar-refractivity contribution in [3.8, 4) is 0 Å². The Kier molecular flexibility index (Phi) is 1.18. The summed E-state index contributed by atoms with van der Waals surface area (Å²) in [6.07, 6.45) is 4.79. The van der Waals surface area contributed by atoms with Gasteiger partial charge in [-0.25, -0.2) is 0 Å². The summed E-state index contributed by atoms with van der Waals surface area (Å²) in [5.74, 6) is 0.799. The van der Waals surface area contributed by atoms with Gasteiger partial charge < -0.3 is 0 Å². The molecular weight excluding hydrogens is 84.1 g/mol. The van der Waals surface area contributed by atoms with Crippen molar-refractivity contribution in [2.45, 2.75) is 19.8 Å². The van der Waals surface area contributed by atoms with Crippen LogP contribution in [0, 0.1) is 12.8 Å². The molecule has 0 aromatic rings. The van der Waals surface area contributed by atoms with Crippen LogP contribution in [-0.4, -0.2) is 0 Å². The van der Waals surface area contributed by atoms with E-state index < -0.39 is 0 Å². The second-order valence-corrected chi connectivity index (χ2v) is 2.34. The molecule has 0 aromatic heterocycles. The molecule has 1 unspecified atom stereocenters. The minimum absolute atomic E-state index is 0.799. The largest absolute Gasteiger partial charge is 0.0825 e. The molecule has 0 heterocycles. The Morgan fingerprint density at radius 1 is 1.86 bits per heavy atom. The zero-order valence-electron chi connectivity index (χ0n) is 4.78. The van der Waals surface area contributed by atoms with Crippen LogP contribution in [0.1, 0.15) is 19.8 Å². The summed E-state index contributed by atoms with van der Waals surface area (Å²) in [5.41, 5.74) is 1.33. The van der Waals surface area contributed by atoms with Crippen LogP contribution in [0.15, 0.2) is 11.6 Å². The Labute approximate surface area is 45.2 Å². The molecule has 1 radical (unpaired) electrons. The zero-order chi connectivity index (χ0) is 5.28. The lowest BCUT2D eigenvalue weighted by Gasteiger charge is -1.89. The van der Waals surface area contributed by atoms with Gasteiger partial charge in [-0.15, -0.1) is 0 Å². The van der Waals surface area contributed by atoms with E-state index in [1.165, 1.54) is 18.4 Å². The van der Waals surface area contributed by atoms with E-state index in [0.717, 1.165) is 5.92 Å². The van der Waals surface area contributed by atoms with Gasteiger partial charge in [0.2, 0.25) is 0 Å². The van der Waals surface area contributed by atoms with Gasteiger partial charge in [0.05, 0.1) is 0 Å². The molecular formula is C7H11. The van der Waals surface area contributed by atoms with Crippen LogP contribution in [0.4, 0.5) is 0 Å². The standard InChI is InChI=1S/C7H11/c1-6-3-4-7(2)5-6/h5,7H,1,3-4H2,2H3. The molecule has 0 aliphatic heterocycles. The van der Waals surface area contributed by atoms with Crippen LogP contribution in [-0.2, 0) is 0 Å². The van der Waals surface area contributed by atoms with Crippen molar-refractivity contribution >= 4 is 0 Å². The van der Waals surface area contributed by atoms with E-state index in [2.05, 4.69) is 19.9 Å². The summed E-state index contributed by atoms with van der Waals surface area (Å²) in [7, 11) is 0. The van der Waals surface area contributed by atoms with E-state index in [0.29, 0.717) is 0 Å². The second-order valence-electron chi connectivity index (χ2n) is 2.34. The molecule has 39 valence electrons. The SMILES string of the molecule is [CH2]C1=CC(C)CC1. The molecule has 0 spiro atoms. The molecule has 1 aliphatic carbocycles. The van der Waals surface area contributed by atoms with E-state index >= 15 is 0 Å². The molecule has 0 heteroatoms. The number of hydrogen-bond donors (Lipinski definition) is 0. The Hall–Kier alpha value is -0.260. The lowest BCUT2D eigenvalue weighted by atomic mass is 10.2. The summed E-state index contributed by atoms with van der Waals surface area (Å²) >= 11 is 0. The first kappa shape index (κ1) is 4.89. The Morgan fingerprint density at radius 2 is 2.57 bits per heavy atom. The Morgan fingerprint density at radius 3 is 2.71 bits per heavy atom. The Bertz CT molecular complexity index is 90.2. The monoisotopic (exact) mass is 95.1 g/mol. The van der Waals surface area contributed by atoms with Crippen LogP contribution in [0.5, 0.6) is 0 Å². The van der Waals surface area contributed by atoms with Crippen molar-refractivity contribution in [2.75, 3.05) is 0 Å². The summed E-state index contributed by atoms with van der Waals surface area (Å²) in [5, 5.41) is 0. The highest BCUT2D eigenvalue weighted by Crippen LogP contribution is 2.21. The average molecular weight is 95.2 g/mol. The van der Waals surface area contributed by atoms with Gasteiger partial charge in [0.15, 0.2) is 0 Å². The smallest absolute Gasteiger partial charge is 0.0256 e. The number of rotatable bonds is 0. The first-order valence-electron chi connectivity index (χ1n) is 2.81. The fourth-order valence-corrected chi connectivity index (χ4v) is 0.982. The van der Waals surface area contributed by atoms with Crippen LogP contribution < -0.4 is 0 Å². The molecule has 0 fully saturated rings. The van der Waals surface area contributed by atoms with Crippen molar-refractivity contribution in [3.63, 3.8) is 0 Å². The first-order valence-corrected chi connectivity index (χ1v) is 2.81. The van der Waals surface area contributed by atoms with E-state index in [-0.39, 0.29) is 0 Å². The normalized spacial score (nSPS) is 30.6. The van der Waals surface area contributed by atoms with Crippen LogP contribution >= 0.6 is 0 Å². The zero-order valence-corrected chi connectivity index (χ0v) is 4.78. The summed E-state index contributed by atoms with van der Waals surface area (Å²) in [4.78, 5) is 0. The molecule has 1 atom stereocenters. The molecule has 1 aliphatic rings. The van der Waals surface area contributed by atoms with E-state index in [9.17, 15) is 0 Å². The first-order chi connectivity index (χ1) is 3.29. The van der Waals surface area contributed by atoms with Crippen LogP contribution in [0.25, 0.3) is 0 Å². The molecule has 0 saturated heterocycles. The van der Waals surface area contributed by atoms with E-state index in [4.69, 9.17) is 0 Å². The van der Waals surface area contributed by atoms with E-state index in [1.807, 2.05) is 0 Å². The minimum atomic E-state index is 0.799. The highest BCUT2D eigenvalue weighted by atomic mass is 14.1. The summed E-state index contributed by atoms with van der Waals surface area (Å²) in [6, 6.07) is 0. The molecule has 1 rings (SSSR count). The maximum Gasteiger partial charge on any atom is -0.0256 e. The maximum absolute atomic E-state index is 3.85. The summed E-state index contributed by atoms with van der Waals surface area (Å²) in [6.45, 7) is 6.08.